The number of ether oxygens (including phenoxy) is 1. The van der Waals surface area contributed by atoms with Crippen LogP contribution in [0, 0.1) is 0 Å². The van der Waals surface area contributed by atoms with Crippen molar-refractivity contribution in [1.29, 1.82) is 0 Å². The Balaban J connectivity index is 0.00000338. The fraction of sp³-hybridized carbons (Fsp3) is 0.400. The van der Waals surface area contributed by atoms with Gasteiger partial charge < -0.3 is 15.0 Å². The van der Waals surface area contributed by atoms with Gasteiger partial charge in [0.05, 0.1) is 8.95 Å². The number of benzene rings is 2. The molecule has 0 aliphatic heterocycles. The van der Waals surface area contributed by atoms with E-state index in [0.717, 1.165) is 53.0 Å². The smallest absolute Gasteiger partial charge is 0.148 e. The first-order valence-electron chi connectivity index (χ1n) is 8.71. The van der Waals surface area contributed by atoms with Gasteiger partial charge in [-0.1, -0.05) is 44.2 Å². The van der Waals surface area contributed by atoms with Crippen LogP contribution in [0.15, 0.2) is 51.4 Å². The molecule has 2 aromatic rings. The second kappa shape index (κ2) is 14.7. The largest absolute Gasteiger partial charge is 0.487 e. The first kappa shape index (κ1) is 26.7. The van der Waals surface area contributed by atoms with E-state index >= 15 is 0 Å². The van der Waals surface area contributed by atoms with E-state index in [1.807, 2.05) is 18.2 Å². The Kier molecular flexibility index (Phi) is 14.5. The molecule has 0 amide bonds. The van der Waals surface area contributed by atoms with Crippen molar-refractivity contribution in [2.45, 2.75) is 27.0 Å². The molecule has 27 heavy (non-hydrogen) atoms. The molecule has 0 saturated heterocycles. The van der Waals surface area contributed by atoms with Crippen molar-refractivity contribution in [2.75, 3.05) is 26.2 Å². The minimum atomic E-state index is 0. The van der Waals surface area contributed by atoms with E-state index in [-0.39, 0.29) is 24.8 Å². The maximum Gasteiger partial charge on any atom is 0.148 e. The molecule has 0 aliphatic rings. The molecule has 0 saturated carbocycles. The van der Waals surface area contributed by atoms with E-state index in [0.29, 0.717) is 6.61 Å². The van der Waals surface area contributed by atoms with Crippen molar-refractivity contribution in [2.24, 2.45) is 0 Å². The van der Waals surface area contributed by atoms with Gasteiger partial charge in [0, 0.05) is 19.6 Å². The molecule has 0 heterocycles. The molecular formula is C20H28Br2Cl2N2O. The second-order valence-electron chi connectivity index (χ2n) is 5.87. The van der Waals surface area contributed by atoms with Crippen molar-refractivity contribution >= 4 is 56.7 Å². The van der Waals surface area contributed by atoms with Crippen molar-refractivity contribution in [3.05, 3.63) is 62.5 Å². The average molecular weight is 543 g/mol. The van der Waals surface area contributed by atoms with Gasteiger partial charge in [-0.15, -0.1) is 24.8 Å². The van der Waals surface area contributed by atoms with Crippen molar-refractivity contribution in [1.82, 2.24) is 10.2 Å². The monoisotopic (exact) mass is 540 g/mol. The maximum atomic E-state index is 5.97. The summed E-state index contributed by atoms with van der Waals surface area (Å²) in [6, 6.07) is 14.4. The topological polar surface area (TPSA) is 24.5 Å². The zero-order valence-corrected chi connectivity index (χ0v) is 20.5. The summed E-state index contributed by atoms with van der Waals surface area (Å²) in [7, 11) is 0. The lowest BCUT2D eigenvalue weighted by molar-refractivity contribution is 0.301. The van der Waals surface area contributed by atoms with Gasteiger partial charge in [0.15, 0.2) is 0 Å². The van der Waals surface area contributed by atoms with Gasteiger partial charge in [-0.25, -0.2) is 0 Å². The molecule has 0 aromatic heterocycles. The predicted molar refractivity (Wildman–Crippen MR) is 127 cm³/mol. The Bertz CT molecular complexity index is 633. The molecule has 0 spiro atoms. The van der Waals surface area contributed by atoms with E-state index in [2.05, 4.69) is 80.2 Å². The SMILES string of the molecule is CCN(CC)CCNCc1cc(Br)c(OCc2ccccc2)c(Br)c1.Cl.Cl. The molecule has 2 rings (SSSR count). The third kappa shape index (κ3) is 9.16. The van der Waals surface area contributed by atoms with Crippen LogP contribution in [0.2, 0.25) is 0 Å². The van der Waals surface area contributed by atoms with Gasteiger partial charge >= 0.3 is 0 Å². The molecule has 0 fully saturated rings. The molecule has 152 valence electrons. The number of hydrogen-bond donors (Lipinski definition) is 1. The van der Waals surface area contributed by atoms with Crippen molar-refractivity contribution in [3.8, 4) is 5.75 Å². The fourth-order valence-electron chi connectivity index (χ4n) is 2.59. The fourth-order valence-corrected chi connectivity index (χ4v) is 4.10. The van der Waals surface area contributed by atoms with Crippen LogP contribution in [0.3, 0.4) is 0 Å². The summed E-state index contributed by atoms with van der Waals surface area (Å²) >= 11 is 7.27. The molecule has 7 heteroatoms. The van der Waals surface area contributed by atoms with E-state index in [9.17, 15) is 0 Å². The molecule has 3 nitrogen and oxygen atoms in total. The van der Waals surface area contributed by atoms with E-state index in [1.54, 1.807) is 0 Å². The van der Waals surface area contributed by atoms with E-state index in [1.165, 1.54) is 5.56 Å². The van der Waals surface area contributed by atoms with Gasteiger partial charge in [0.2, 0.25) is 0 Å². The first-order chi connectivity index (χ1) is 12.1. The van der Waals surface area contributed by atoms with Gasteiger partial charge in [-0.3, -0.25) is 0 Å². The third-order valence-electron chi connectivity index (χ3n) is 4.11. The van der Waals surface area contributed by atoms with Crippen LogP contribution in [0.4, 0.5) is 0 Å². The Morgan fingerprint density at radius 2 is 1.52 bits per heavy atom. The van der Waals surface area contributed by atoms with Crippen LogP contribution in [0.25, 0.3) is 0 Å². The highest BCUT2D eigenvalue weighted by molar-refractivity contribution is 9.11. The van der Waals surface area contributed by atoms with Gasteiger partial charge in [-0.2, -0.15) is 0 Å². The maximum absolute atomic E-state index is 5.97. The standard InChI is InChI=1S/C20H26Br2N2O.2ClH/c1-3-24(4-2)11-10-23-14-17-12-18(21)20(19(22)13-17)25-15-16-8-6-5-7-9-16;;/h5-9,12-13,23H,3-4,10-11,14-15H2,1-2H3;2*1H. The quantitative estimate of drug-likeness (QED) is 0.369. The molecule has 0 aliphatic carbocycles. The molecule has 0 bridgehead atoms. The number of hydrogen-bond acceptors (Lipinski definition) is 3. The van der Waals surface area contributed by atoms with Gasteiger partial charge in [-0.05, 0) is 68.2 Å². The predicted octanol–water partition coefficient (Wildman–Crippen LogP) is 6.07. The minimum Gasteiger partial charge on any atom is -0.487 e. The summed E-state index contributed by atoms with van der Waals surface area (Å²) < 4.78 is 7.92. The van der Waals surface area contributed by atoms with Crippen LogP contribution < -0.4 is 10.1 Å². The zero-order chi connectivity index (χ0) is 18.1. The van der Waals surface area contributed by atoms with E-state index in [4.69, 9.17) is 4.74 Å². The van der Waals surface area contributed by atoms with Crippen LogP contribution in [-0.4, -0.2) is 31.1 Å². The molecule has 0 radical (unpaired) electrons. The van der Waals surface area contributed by atoms with Gasteiger partial charge in [0.25, 0.3) is 0 Å². The van der Waals surface area contributed by atoms with Crippen molar-refractivity contribution in [3.63, 3.8) is 0 Å². The summed E-state index contributed by atoms with van der Waals surface area (Å²) in [5.41, 5.74) is 2.38. The highest BCUT2D eigenvalue weighted by Gasteiger charge is 2.09. The number of likely N-dealkylation sites (N-methyl/N-ethyl adjacent to an activating group) is 1. The average Bonchev–Trinajstić information content (AvgIpc) is 2.62. The lowest BCUT2D eigenvalue weighted by Crippen LogP contribution is -2.31. The Morgan fingerprint density at radius 1 is 0.926 bits per heavy atom. The lowest BCUT2D eigenvalue weighted by Gasteiger charge is -2.18. The summed E-state index contributed by atoms with van der Waals surface area (Å²) in [5, 5.41) is 3.51. The Hall–Kier alpha value is -0.300. The molecule has 0 unspecified atom stereocenters. The summed E-state index contributed by atoms with van der Waals surface area (Å²) in [5.74, 6) is 0.843. The van der Waals surface area contributed by atoms with Crippen molar-refractivity contribution < 1.29 is 4.74 Å². The van der Waals surface area contributed by atoms with E-state index < -0.39 is 0 Å². The Labute approximate surface area is 192 Å². The van der Waals surface area contributed by atoms with Crippen LogP contribution in [0.1, 0.15) is 25.0 Å². The number of halogens is 4. The number of nitrogens with zero attached hydrogens (tertiary/aromatic N) is 1. The Morgan fingerprint density at radius 3 is 2.07 bits per heavy atom. The third-order valence-corrected chi connectivity index (χ3v) is 5.29. The molecule has 1 N–H and O–H groups in total. The highest BCUT2D eigenvalue weighted by Crippen LogP contribution is 2.35. The molecule has 2 aromatic carbocycles. The number of nitrogens with one attached hydrogen (secondary N) is 1. The van der Waals surface area contributed by atoms with Crippen LogP contribution in [0.5, 0.6) is 5.75 Å². The van der Waals surface area contributed by atoms with Gasteiger partial charge in [0.1, 0.15) is 12.4 Å². The summed E-state index contributed by atoms with van der Waals surface area (Å²) in [4.78, 5) is 2.42. The zero-order valence-electron chi connectivity index (χ0n) is 15.7. The highest BCUT2D eigenvalue weighted by atomic mass is 79.9. The molecule has 0 atom stereocenters. The van der Waals surface area contributed by atoms with Crippen LogP contribution in [-0.2, 0) is 13.2 Å². The second-order valence-corrected chi connectivity index (χ2v) is 7.58. The summed E-state index contributed by atoms with van der Waals surface area (Å²) in [6.45, 7) is 10.1. The summed E-state index contributed by atoms with van der Waals surface area (Å²) in [6.07, 6.45) is 0. The number of rotatable bonds is 10. The molecular weight excluding hydrogens is 515 g/mol. The normalized spacial score (nSPS) is 10.3. The minimum absolute atomic E-state index is 0. The first-order valence-corrected chi connectivity index (χ1v) is 10.3. The van der Waals surface area contributed by atoms with Crippen LogP contribution >= 0.6 is 56.7 Å². The lowest BCUT2D eigenvalue weighted by atomic mass is 10.2.